The predicted molar refractivity (Wildman–Crippen MR) is 80.3 cm³/mol. The second-order valence-corrected chi connectivity index (χ2v) is 4.95. The van der Waals surface area contributed by atoms with Crippen LogP contribution in [0.25, 0.3) is 0 Å². The fraction of sp³-hybridized carbons (Fsp3) is 0.533. The van der Waals surface area contributed by atoms with E-state index in [4.69, 9.17) is 10.2 Å². The summed E-state index contributed by atoms with van der Waals surface area (Å²) in [6, 6.07) is 8.90. The van der Waals surface area contributed by atoms with Crippen molar-refractivity contribution in [3.05, 3.63) is 35.9 Å². The Balaban J connectivity index is 2.46. The Morgan fingerprint density at radius 1 is 1.19 bits per heavy atom. The molecule has 0 heterocycles. The standard InChI is InChI=1S/C15H24N2O4/c18-9-5-4-8-16-11-14(19)13(17-15(20)21)10-12-6-2-1-3-7-12/h1-3,6-7,13-14,16-19H,4-5,8-11H2,(H,20,21)/t13-,14+/m0/s1. The van der Waals surface area contributed by atoms with Crippen molar-refractivity contribution in [1.82, 2.24) is 10.6 Å². The molecule has 0 saturated carbocycles. The summed E-state index contributed by atoms with van der Waals surface area (Å²) in [7, 11) is 0. The number of benzene rings is 1. The maximum atomic E-state index is 10.8. The molecule has 1 amide bonds. The highest BCUT2D eigenvalue weighted by Crippen LogP contribution is 2.06. The third-order valence-electron chi connectivity index (χ3n) is 3.19. The molecule has 0 fully saturated rings. The number of hydrogen-bond donors (Lipinski definition) is 5. The van der Waals surface area contributed by atoms with Crippen molar-refractivity contribution >= 4 is 6.09 Å². The Labute approximate surface area is 124 Å². The first kappa shape index (κ1) is 17.4. The van der Waals surface area contributed by atoms with E-state index < -0.39 is 18.2 Å². The van der Waals surface area contributed by atoms with Gasteiger partial charge in [0.1, 0.15) is 0 Å². The lowest BCUT2D eigenvalue weighted by molar-refractivity contribution is 0.118. The fourth-order valence-electron chi connectivity index (χ4n) is 2.06. The van der Waals surface area contributed by atoms with Gasteiger partial charge in [-0.2, -0.15) is 0 Å². The van der Waals surface area contributed by atoms with Crippen molar-refractivity contribution in [2.24, 2.45) is 0 Å². The molecule has 1 aromatic rings. The monoisotopic (exact) mass is 296 g/mol. The van der Waals surface area contributed by atoms with E-state index in [0.29, 0.717) is 25.9 Å². The fourth-order valence-corrected chi connectivity index (χ4v) is 2.06. The smallest absolute Gasteiger partial charge is 0.404 e. The highest BCUT2D eigenvalue weighted by Gasteiger charge is 2.21. The van der Waals surface area contributed by atoms with Crippen molar-refractivity contribution < 1.29 is 20.1 Å². The molecule has 0 aliphatic rings. The highest BCUT2D eigenvalue weighted by molar-refractivity contribution is 5.65. The van der Waals surface area contributed by atoms with Crippen molar-refractivity contribution in [3.63, 3.8) is 0 Å². The van der Waals surface area contributed by atoms with Crippen molar-refractivity contribution in [1.29, 1.82) is 0 Å². The van der Waals surface area contributed by atoms with Crippen LogP contribution < -0.4 is 10.6 Å². The largest absolute Gasteiger partial charge is 0.465 e. The van der Waals surface area contributed by atoms with Crippen molar-refractivity contribution in [2.45, 2.75) is 31.4 Å². The molecule has 118 valence electrons. The van der Waals surface area contributed by atoms with E-state index in [1.807, 2.05) is 30.3 Å². The van der Waals surface area contributed by atoms with Gasteiger partial charge in [-0.05, 0) is 31.4 Å². The van der Waals surface area contributed by atoms with Gasteiger partial charge < -0.3 is 26.0 Å². The van der Waals surface area contributed by atoms with Gasteiger partial charge in [-0.3, -0.25) is 0 Å². The van der Waals surface area contributed by atoms with Crippen LogP contribution in [0.1, 0.15) is 18.4 Å². The highest BCUT2D eigenvalue weighted by atomic mass is 16.4. The van der Waals surface area contributed by atoms with Gasteiger partial charge in [0, 0.05) is 13.2 Å². The number of amides is 1. The topological polar surface area (TPSA) is 102 Å². The number of unbranched alkanes of at least 4 members (excludes halogenated alkanes) is 1. The number of carbonyl (C=O) groups is 1. The van der Waals surface area contributed by atoms with Crippen molar-refractivity contribution in [2.75, 3.05) is 19.7 Å². The van der Waals surface area contributed by atoms with Crippen molar-refractivity contribution in [3.8, 4) is 0 Å². The van der Waals surface area contributed by atoms with Gasteiger partial charge >= 0.3 is 6.09 Å². The van der Waals surface area contributed by atoms with Gasteiger partial charge in [0.2, 0.25) is 0 Å². The molecule has 1 aromatic carbocycles. The summed E-state index contributed by atoms with van der Waals surface area (Å²) in [5.74, 6) is 0. The van der Waals surface area contributed by atoms with Crippen LogP contribution in [-0.2, 0) is 6.42 Å². The summed E-state index contributed by atoms with van der Waals surface area (Å²) < 4.78 is 0. The molecule has 0 unspecified atom stereocenters. The summed E-state index contributed by atoms with van der Waals surface area (Å²) in [6.07, 6.45) is 0.0147. The molecule has 0 radical (unpaired) electrons. The Kier molecular flexibility index (Phi) is 8.42. The molecule has 0 spiro atoms. The van der Waals surface area contributed by atoms with E-state index in [2.05, 4.69) is 10.6 Å². The molecule has 6 nitrogen and oxygen atoms in total. The second kappa shape index (κ2) is 10.1. The Hall–Kier alpha value is -1.63. The lowest BCUT2D eigenvalue weighted by Crippen LogP contribution is -2.48. The van der Waals surface area contributed by atoms with Gasteiger partial charge in [0.15, 0.2) is 0 Å². The molecule has 0 aromatic heterocycles. The SMILES string of the molecule is O=C(O)N[C@@H](Cc1ccccc1)[C@H](O)CNCCCCO. The van der Waals surface area contributed by atoms with E-state index >= 15 is 0 Å². The lowest BCUT2D eigenvalue weighted by atomic mass is 10.0. The first-order valence-corrected chi connectivity index (χ1v) is 7.16. The van der Waals surface area contributed by atoms with E-state index in [1.54, 1.807) is 0 Å². The number of nitrogens with one attached hydrogen (secondary N) is 2. The Bertz CT molecular complexity index is 400. The second-order valence-electron chi connectivity index (χ2n) is 4.95. The van der Waals surface area contributed by atoms with Crippen LogP contribution in [0.4, 0.5) is 4.79 Å². The van der Waals surface area contributed by atoms with E-state index in [1.165, 1.54) is 0 Å². The van der Waals surface area contributed by atoms with Gasteiger partial charge in [-0.1, -0.05) is 30.3 Å². The van der Waals surface area contributed by atoms with Crippen LogP contribution in [0, 0.1) is 0 Å². The van der Waals surface area contributed by atoms with Gasteiger partial charge in [0.25, 0.3) is 0 Å². The first-order chi connectivity index (χ1) is 10.1. The summed E-state index contributed by atoms with van der Waals surface area (Å²) >= 11 is 0. The summed E-state index contributed by atoms with van der Waals surface area (Å²) in [4.78, 5) is 10.8. The molecule has 0 aliphatic carbocycles. The van der Waals surface area contributed by atoms with Crippen LogP contribution in [-0.4, -0.2) is 53.3 Å². The minimum atomic E-state index is -1.14. The molecule has 0 aliphatic heterocycles. The van der Waals surface area contributed by atoms with Crippen LogP contribution in [0.15, 0.2) is 30.3 Å². The molecule has 6 heteroatoms. The van der Waals surface area contributed by atoms with Gasteiger partial charge in [0.05, 0.1) is 12.1 Å². The normalized spacial score (nSPS) is 13.6. The van der Waals surface area contributed by atoms with Gasteiger partial charge in [-0.25, -0.2) is 4.79 Å². The zero-order valence-corrected chi connectivity index (χ0v) is 12.0. The average molecular weight is 296 g/mol. The number of aliphatic hydroxyl groups excluding tert-OH is 2. The summed E-state index contributed by atoms with van der Waals surface area (Å²) in [5, 5.41) is 33.1. The molecule has 2 atom stereocenters. The molecule has 21 heavy (non-hydrogen) atoms. The van der Waals surface area contributed by atoms with Crippen LogP contribution in [0.2, 0.25) is 0 Å². The first-order valence-electron chi connectivity index (χ1n) is 7.16. The van der Waals surface area contributed by atoms with Crippen LogP contribution >= 0.6 is 0 Å². The summed E-state index contributed by atoms with van der Waals surface area (Å²) in [5.41, 5.74) is 0.968. The molecule has 0 saturated heterocycles. The number of rotatable bonds is 10. The van der Waals surface area contributed by atoms with Gasteiger partial charge in [-0.15, -0.1) is 0 Å². The predicted octanol–water partition coefficient (Wildman–Crippen LogP) is 0.588. The zero-order valence-electron chi connectivity index (χ0n) is 12.0. The van der Waals surface area contributed by atoms with Crippen LogP contribution in [0.3, 0.4) is 0 Å². The Morgan fingerprint density at radius 2 is 1.90 bits per heavy atom. The maximum absolute atomic E-state index is 10.8. The average Bonchev–Trinajstić information content (AvgIpc) is 2.47. The number of aliphatic hydroxyl groups is 2. The number of hydrogen-bond acceptors (Lipinski definition) is 4. The van der Waals surface area contributed by atoms with E-state index in [9.17, 15) is 9.90 Å². The maximum Gasteiger partial charge on any atom is 0.404 e. The van der Waals surface area contributed by atoms with E-state index in [0.717, 1.165) is 12.0 Å². The molecular formula is C15H24N2O4. The third-order valence-corrected chi connectivity index (χ3v) is 3.19. The molecule has 1 rings (SSSR count). The minimum Gasteiger partial charge on any atom is -0.465 e. The lowest BCUT2D eigenvalue weighted by Gasteiger charge is -2.23. The third kappa shape index (κ3) is 7.65. The summed E-state index contributed by atoms with van der Waals surface area (Å²) in [6.45, 7) is 1.15. The Morgan fingerprint density at radius 3 is 2.52 bits per heavy atom. The minimum absolute atomic E-state index is 0.154. The number of carboxylic acid groups (broad SMARTS) is 1. The molecular weight excluding hydrogens is 272 g/mol. The molecule has 0 bridgehead atoms. The quantitative estimate of drug-likeness (QED) is 0.407. The van der Waals surface area contributed by atoms with Crippen LogP contribution in [0.5, 0.6) is 0 Å². The molecule has 5 N–H and O–H groups in total. The van der Waals surface area contributed by atoms with E-state index in [-0.39, 0.29) is 6.61 Å². The zero-order chi connectivity index (χ0) is 15.5.